The lowest BCUT2D eigenvalue weighted by atomic mass is 9.89. The Hall–Kier alpha value is -3.41. The van der Waals surface area contributed by atoms with Crippen LogP contribution in [0.2, 0.25) is 0 Å². The van der Waals surface area contributed by atoms with Crippen molar-refractivity contribution >= 4 is 17.5 Å². The molecule has 1 aliphatic rings. The minimum absolute atomic E-state index is 0.110. The molecule has 2 N–H and O–H groups in total. The molecule has 1 aromatic heterocycles. The first-order valence-corrected chi connectivity index (χ1v) is 9.23. The van der Waals surface area contributed by atoms with Gasteiger partial charge in [0.05, 0.1) is 6.04 Å². The molecule has 6 nitrogen and oxygen atoms in total. The summed E-state index contributed by atoms with van der Waals surface area (Å²) in [5.74, 6) is 1.18. The SMILES string of the molecule is CC1(C)CC(NC(=O)c2cccc(Nc3ncccn3)c2)c2ccccc2O1. The molecule has 0 radical (unpaired) electrons. The van der Waals surface area contributed by atoms with Gasteiger partial charge in [-0.25, -0.2) is 9.97 Å². The number of rotatable bonds is 4. The Morgan fingerprint density at radius 2 is 1.86 bits per heavy atom. The van der Waals surface area contributed by atoms with Crippen LogP contribution in [0.1, 0.15) is 42.2 Å². The zero-order valence-electron chi connectivity index (χ0n) is 15.8. The van der Waals surface area contributed by atoms with Crippen LogP contribution in [0, 0.1) is 0 Å². The first-order valence-electron chi connectivity index (χ1n) is 9.23. The van der Waals surface area contributed by atoms with Crippen LogP contribution >= 0.6 is 0 Å². The Bertz CT molecular complexity index is 989. The maximum absolute atomic E-state index is 12.9. The predicted octanol–water partition coefficient (Wildman–Crippen LogP) is 4.25. The summed E-state index contributed by atoms with van der Waals surface area (Å²) in [6.45, 7) is 4.07. The van der Waals surface area contributed by atoms with E-state index in [0.717, 1.165) is 17.0 Å². The quantitative estimate of drug-likeness (QED) is 0.714. The van der Waals surface area contributed by atoms with Crippen molar-refractivity contribution < 1.29 is 9.53 Å². The van der Waals surface area contributed by atoms with E-state index in [0.29, 0.717) is 17.9 Å². The molecule has 0 saturated heterocycles. The van der Waals surface area contributed by atoms with Crippen LogP contribution in [-0.4, -0.2) is 21.5 Å². The highest BCUT2D eigenvalue weighted by Crippen LogP contribution is 2.39. The van der Waals surface area contributed by atoms with Gasteiger partial charge in [0.25, 0.3) is 5.91 Å². The number of nitrogens with zero attached hydrogens (tertiary/aromatic N) is 2. The molecule has 142 valence electrons. The van der Waals surface area contributed by atoms with Crippen molar-refractivity contribution in [3.63, 3.8) is 0 Å². The topological polar surface area (TPSA) is 76.1 Å². The zero-order valence-corrected chi connectivity index (χ0v) is 15.8. The van der Waals surface area contributed by atoms with Gasteiger partial charge in [0.15, 0.2) is 0 Å². The Morgan fingerprint density at radius 3 is 2.68 bits per heavy atom. The van der Waals surface area contributed by atoms with E-state index in [2.05, 4.69) is 20.6 Å². The van der Waals surface area contributed by atoms with Gasteiger partial charge in [0.2, 0.25) is 5.95 Å². The van der Waals surface area contributed by atoms with Gasteiger partial charge in [-0.15, -0.1) is 0 Å². The summed E-state index contributed by atoms with van der Waals surface area (Å²) < 4.78 is 6.05. The number of para-hydroxylation sites is 1. The fourth-order valence-electron chi connectivity index (χ4n) is 3.40. The summed E-state index contributed by atoms with van der Waals surface area (Å²) >= 11 is 0. The third kappa shape index (κ3) is 3.96. The minimum Gasteiger partial charge on any atom is -0.487 e. The van der Waals surface area contributed by atoms with Gasteiger partial charge < -0.3 is 15.4 Å². The van der Waals surface area contributed by atoms with Gasteiger partial charge in [-0.1, -0.05) is 24.3 Å². The van der Waals surface area contributed by atoms with E-state index >= 15 is 0 Å². The first-order chi connectivity index (χ1) is 13.5. The van der Waals surface area contributed by atoms with Crippen LogP contribution in [0.3, 0.4) is 0 Å². The first kappa shape index (κ1) is 18.0. The molecule has 1 atom stereocenters. The maximum Gasteiger partial charge on any atom is 0.251 e. The predicted molar refractivity (Wildman–Crippen MR) is 108 cm³/mol. The monoisotopic (exact) mass is 374 g/mol. The molecule has 4 rings (SSSR count). The second kappa shape index (κ2) is 7.31. The van der Waals surface area contributed by atoms with Crippen LogP contribution in [0.15, 0.2) is 67.0 Å². The zero-order chi connectivity index (χ0) is 19.6. The van der Waals surface area contributed by atoms with E-state index in [4.69, 9.17) is 4.74 Å². The van der Waals surface area contributed by atoms with E-state index in [1.807, 2.05) is 50.2 Å². The molecule has 0 bridgehead atoms. The van der Waals surface area contributed by atoms with Crippen LogP contribution < -0.4 is 15.4 Å². The standard InChI is InChI=1S/C22H22N4O2/c1-22(2)14-18(17-9-3-4-10-19(17)28-22)26-20(27)15-7-5-8-16(13-15)25-21-23-11-6-12-24-21/h3-13,18H,14H2,1-2H3,(H,26,27)(H,23,24,25). The number of hydrogen-bond acceptors (Lipinski definition) is 5. The Morgan fingerprint density at radius 1 is 1.07 bits per heavy atom. The molecule has 2 aromatic carbocycles. The highest BCUT2D eigenvalue weighted by Gasteiger charge is 2.34. The molecule has 1 unspecified atom stereocenters. The molecule has 28 heavy (non-hydrogen) atoms. The molecule has 0 aliphatic carbocycles. The van der Waals surface area contributed by atoms with Crippen molar-refractivity contribution in [2.24, 2.45) is 0 Å². The number of ether oxygens (including phenoxy) is 1. The number of amides is 1. The van der Waals surface area contributed by atoms with Gasteiger partial charge in [-0.2, -0.15) is 0 Å². The van der Waals surface area contributed by atoms with Crippen molar-refractivity contribution in [1.29, 1.82) is 0 Å². The molecular weight excluding hydrogens is 352 g/mol. The highest BCUT2D eigenvalue weighted by molar-refractivity contribution is 5.95. The fraction of sp³-hybridized carbons (Fsp3) is 0.227. The molecule has 1 aliphatic heterocycles. The van der Waals surface area contributed by atoms with E-state index in [1.54, 1.807) is 30.6 Å². The molecule has 3 aromatic rings. The summed E-state index contributed by atoms with van der Waals surface area (Å²) in [6.07, 6.45) is 4.03. The molecule has 0 spiro atoms. The summed E-state index contributed by atoms with van der Waals surface area (Å²) in [5, 5.41) is 6.27. The second-order valence-corrected chi connectivity index (χ2v) is 7.41. The largest absolute Gasteiger partial charge is 0.487 e. The van der Waals surface area contributed by atoms with Crippen LogP contribution in [0.5, 0.6) is 5.75 Å². The fourth-order valence-corrected chi connectivity index (χ4v) is 3.40. The number of benzene rings is 2. The van der Waals surface area contributed by atoms with E-state index in [-0.39, 0.29) is 17.6 Å². The lowest BCUT2D eigenvalue weighted by Gasteiger charge is -2.37. The minimum atomic E-state index is -0.347. The third-order valence-electron chi connectivity index (χ3n) is 4.63. The number of nitrogens with one attached hydrogen (secondary N) is 2. The third-order valence-corrected chi connectivity index (χ3v) is 4.63. The van der Waals surface area contributed by atoms with Gasteiger partial charge in [-0.3, -0.25) is 4.79 Å². The van der Waals surface area contributed by atoms with Gasteiger partial charge in [-0.05, 0) is 44.2 Å². The van der Waals surface area contributed by atoms with Crippen molar-refractivity contribution in [3.8, 4) is 5.75 Å². The molecule has 2 heterocycles. The number of hydrogen-bond donors (Lipinski definition) is 2. The molecule has 0 saturated carbocycles. The van der Waals surface area contributed by atoms with Crippen molar-refractivity contribution in [2.75, 3.05) is 5.32 Å². The average molecular weight is 374 g/mol. The second-order valence-electron chi connectivity index (χ2n) is 7.41. The Labute approximate surface area is 164 Å². The van der Waals surface area contributed by atoms with Crippen molar-refractivity contribution in [2.45, 2.75) is 31.9 Å². The Balaban J connectivity index is 1.53. The lowest BCUT2D eigenvalue weighted by molar-refractivity contribution is 0.0619. The average Bonchev–Trinajstić information content (AvgIpc) is 2.68. The van der Waals surface area contributed by atoms with Crippen molar-refractivity contribution in [1.82, 2.24) is 15.3 Å². The summed E-state index contributed by atoms with van der Waals surface area (Å²) in [6, 6.07) is 16.8. The summed E-state index contributed by atoms with van der Waals surface area (Å²) in [4.78, 5) is 21.2. The number of carbonyl (C=O) groups is 1. The number of anilines is 2. The number of aromatic nitrogens is 2. The summed E-state index contributed by atoms with van der Waals surface area (Å²) in [5.41, 5.74) is 1.98. The highest BCUT2D eigenvalue weighted by atomic mass is 16.5. The number of carbonyl (C=O) groups excluding carboxylic acids is 1. The Kier molecular flexibility index (Phi) is 4.69. The van der Waals surface area contributed by atoms with Gasteiger partial charge >= 0.3 is 0 Å². The molecule has 1 amide bonds. The van der Waals surface area contributed by atoms with Crippen LogP contribution in [-0.2, 0) is 0 Å². The molecule has 6 heteroatoms. The van der Waals surface area contributed by atoms with E-state index in [1.165, 1.54) is 0 Å². The molecule has 0 fully saturated rings. The summed E-state index contributed by atoms with van der Waals surface area (Å²) in [7, 11) is 0. The normalized spacial score (nSPS) is 17.1. The van der Waals surface area contributed by atoms with E-state index in [9.17, 15) is 4.79 Å². The van der Waals surface area contributed by atoms with E-state index < -0.39 is 0 Å². The van der Waals surface area contributed by atoms with Crippen LogP contribution in [0.4, 0.5) is 11.6 Å². The van der Waals surface area contributed by atoms with Crippen LogP contribution in [0.25, 0.3) is 0 Å². The lowest BCUT2D eigenvalue weighted by Crippen LogP contribution is -2.41. The smallest absolute Gasteiger partial charge is 0.251 e. The molecular formula is C22H22N4O2. The maximum atomic E-state index is 12.9. The number of fused-ring (bicyclic) bond motifs is 1. The van der Waals surface area contributed by atoms with Gasteiger partial charge in [0, 0.05) is 35.6 Å². The van der Waals surface area contributed by atoms with Gasteiger partial charge in [0.1, 0.15) is 11.4 Å². The van der Waals surface area contributed by atoms with Crippen molar-refractivity contribution in [3.05, 3.63) is 78.1 Å².